The minimum Gasteiger partial charge on any atom is -0.338 e. The number of carbonyl (C=O) groups excluding carboxylic acids is 2. The summed E-state index contributed by atoms with van der Waals surface area (Å²) in [6, 6.07) is 19.9. The molecular formula is C26H25N3O2S2. The molecule has 2 aromatic carbocycles. The van der Waals surface area contributed by atoms with Crippen LogP contribution >= 0.6 is 22.7 Å². The van der Waals surface area contributed by atoms with Crippen LogP contribution in [0, 0.1) is 5.92 Å². The van der Waals surface area contributed by atoms with Crippen molar-refractivity contribution in [2.75, 3.05) is 18.0 Å². The van der Waals surface area contributed by atoms with Gasteiger partial charge in [0.2, 0.25) is 5.91 Å². The third-order valence-corrected chi connectivity index (χ3v) is 8.04. The summed E-state index contributed by atoms with van der Waals surface area (Å²) in [7, 11) is 0. The average Bonchev–Trinajstić information content (AvgIpc) is 3.54. The lowest BCUT2D eigenvalue weighted by Gasteiger charge is -2.33. The average molecular weight is 476 g/mol. The van der Waals surface area contributed by atoms with Gasteiger partial charge >= 0.3 is 0 Å². The molecule has 0 aliphatic carbocycles. The van der Waals surface area contributed by atoms with Crippen LogP contribution in [0.1, 0.15) is 35.0 Å². The van der Waals surface area contributed by atoms with Gasteiger partial charge in [-0.3, -0.25) is 14.5 Å². The van der Waals surface area contributed by atoms with E-state index in [0.717, 1.165) is 27.2 Å². The van der Waals surface area contributed by atoms with Gasteiger partial charge in [0.25, 0.3) is 5.91 Å². The topological polar surface area (TPSA) is 53.5 Å². The molecule has 7 heteroatoms. The number of thiophene rings is 1. The minimum atomic E-state index is -0.143. The van der Waals surface area contributed by atoms with E-state index in [4.69, 9.17) is 4.98 Å². The van der Waals surface area contributed by atoms with Crippen LogP contribution < -0.4 is 4.90 Å². The molecule has 1 aliphatic rings. The van der Waals surface area contributed by atoms with E-state index in [0.29, 0.717) is 31.1 Å². The second-order valence-electron chi connectivity index (χ2n) is 8.20. The largest absolute Gasteiger partial charge is 0.338 e. The highest BCUT2D eigenvalue weighted by Crippen LogP contribution is 2.36. The third kappa shape index (κ3) is 4.43. The second kappa shape index (κ2) is 9.45. The van der Waals surface area contributed by atoms with E-state index >= 15 is 0 Å². The number of carbonyl (C=O) groups is 2. The zero-order valence-electron chi connectivity index (χ0n) is 18.4. The molecule has 0 atom stereocenters. The first-order chi connectivity index (χ1) is 16.1. The Balaban J connectivity index is 1.40. The summed E-state index contributed by atoms with van der Waals surface area (Å²) in [6.07, 6.45) is 2.26. The number of fused-ring (bicyclic) bond motifs is 1. The lowest BCUT2D eigenvalue weighted by atomic mass is 9.95. The Morgan fingerprint density at radius 3 is 2.45 bits per heavy atom. The van der Waals surface area contributed by atoms with Gasteiger partial charge in [-0.25, -0.2) is 4.98 Å². The predicted molar refractivity (Wildman–Crippen MR) is 136 cm³/mol. The van der Waals surface area contributed by atoms with Crippen LogP contribution in [-0.4, -0.2) is 34.8 Å². The number of nitrogens with zero attached hydrogens (tertiary/aromatic N) is 3. The lowest BCUT2D eigenvalue weighted by molar-refractivity contribution is -0.122. The quantitative estimate of drug-likeness (QED) is 0.348. The van der Waals surface area contributed by atoms with Crippen LogP contribution in [0.4, 0.5) is 10.8 Å². The van der Waals surface area contributed by atoms with E-state index in [-0.39, 0.29) is 17.7 Å². The number of likely N-dealkylation sites (tertiary alicyclic amines) is 1. The molecule has 33 heavy (non-hydrogen) atoms. The molecule has 4 aromatic rings. The second-order valence-corrected chi connectivity index (χ2v) is 10.2. The number of rotatable bonds is 5. The lowest BCUT2D eigenvalue weighted by Crippen LogP contribution is -2.43. The SMILES string of the molecule is CCc1ccc(N(C(=O)C2CCN(C(=O)c3cccs3)CC2)c2nc3ccccc3s2)cc1. The van der Waals surface area contributed by atoms with Crippen molar-refractivity contribution in [1.29, 1.82) is 0 Å². The monoisotopic (exact) mass is 475 g/mol. The van der Waals surface area contributed by atoms with E-state index in [1.54, 1.807) is 4.90 Å². The van der Waals surface area contributed by atoms with E-state index in [2.05, 4.69) is 19.1 Å². The van der Waals surface area contributed by atoms with Crippen molar-refractivity contribution in [2.24, 2.45) is 5.92 Å². The molecule has 0 saturated carbocycles. The smallest absolute Gasteiger partial charge is 0.263 e. The molecule has 2 amide bonds. The zero-order chi connectivity index (χ0) is 22.8. The Labute approximate surface area is 201 Å². The molecule has 0 spiro atoms. The number of amides is 2. The fourth-order valence-corrected chi connectivity index (χ4v) is 5.92. The van der Waals surface area contributed by atoms with Crippen LogP contribution in [0.25, 0.3) is 10.2 Å². The summed E-state index contributed by atoms with van der Waals surface area (Å²) in [5.74, 6) is -0.0224. The van der Waals surface area contributed by atoms with Crippen molar-refractivity contribution < 1.29 is 9.59 Å². The first-order valence-corrected chi connectivity index (χ1v) is 12.9. The van der Waals surface area contributed by atoms with Crippen molar-refractivity contribution >= 4 is 55.5 Å². The zero-order valence-corrected chi connectivity index (χ0v) is 20.1. The van der Waals surface area contributed by atoms with Gasteiger partial charge in [0.15, 0.2) is 5.13 Å². The minimum absolute atomic E-state index is 0.0570. The number of piperidine rings is 1. The first kappa shape index (κ1) is 21.8. The Bertz CT molecular complexity index is 1220. The number of para-hydroxylation sites is 1. The van der Waals surface area contributed by atoms with Gasteiger partial charge < -0.3 is 4.90 Å². The van der Waals surface area contributed by atoms with Crippen LogP contribution in [0.3, 0.4) is 0 Å². The van der Waals surface area contributed by atoms with Crippen LogP contribution in [0.2, 0.25) is 0 Å². The maximum atomic E-state index is 13.8. The van der Waals surface area contributed by atoms with Crippen LogP contribution in [0.5, 0.6) is 0 Å². The Hall–Kier alpha value is -3.03. The van der Waals surface area contributed by atoms with E-state index in [1.165, 1.54) is 28.2 Å². The maximum absolute atomic E-state index is 13.8. The molecule has 0 unspecified atom stereocenters. The molecule has 3 heterocycles. The Morgan fingerprint density at radius 1 is 1.03 bits per heavy atom. The van der Waals surface area contributed by atoms with Gasteiger partial charge in [0.05, 0.1) is 20.8 Å². The molecule has 5 nitrogen and oxygen atoms in total. The van der Waals surface area contributed by atoms with Gasteiger partial charge in [-0.05, 0) is 60.5 Å². The molecule has 0 bridgehead atoms. The van der Waals surface area contributed by atoms with Gasteiger partial charge in [0.1, 0.15) is 0 Å². The molecule has 168 valence electrons. The first-order valence-electron chi connectivity index (χ1n) is 11.3. The summed E-state index contributed by atoms with van der Waals surface area (Å²) in [6.45, 7) is 3.31. The number of aryl methyl sites for hydroxylation is 1. The summed E-state index contributed by atoms with van der Waals surface area (Å²) in [4.78, 5) is 35.7. The fraction of sp³-hybridized carbons (Fsp3) is 0.269. The molecule has 0 N–H and O–H groups in total. The highest BCUT2D eigenvalue weighted by atomic mass is 32.1. The summed E-state index contributed by atoms with van der Waals surface area (Å²) < 4.78 is 1.06. The fourth-order valence-electron chi connectivity index (χ4n) is 4.24. The van der Waals surface area contributed by atoms with Gasteiger partial charge in [0, 0.05) is 19.0 Å². The third-order valence-electron chi connectivity index (χ3n) is 6.16. The van der Waals surface area contributed by atoms with Crippen LogP contribution in [0.15, 0.2) is 66.0 Å². The highest BCUT2D eigenvalue weighted by Gasteiger charge is 2.33. The van der Waals surface area contributed by atoms with Gasteiger partial charge in [-0.15, -0.1) is 11.3 Å². The number of hydrogen-bond acceptors (Lipinski definition) is 5. The van der Waals surface area contributed by atoms with E-state index < -0.39 is 0 Å². The maximum Gasteiger partial charge on any atom is 0.263 e. The van der Waals surface area contributed by atoms with Crippen molar-refractivity contribution in [3.8, 4) is 0 Å². The van der Waals surface area contributed by atoms with Crippen molar-refractivity contribution in [2.45, 2.75) is 26.2 Å². The molecule has 1 saturated heterocycles. The van der Waals surface area contributed by atoms with Gasteiger partial charge in [-0.2, -0.15) is 0 Å². The molecule has 5 rings (SSSR count). The Kier molecular flexibility index (Phi) is 6.24. The molecule has 0 radical (unpaired) electrons. The van der Waals surface area contributed by atoms with E-state index in [1.807, 2.05) is 58.8 Å². The number of thiazole rings is 1. The van der Waals surface area contributed by atoms with Crippen molar-refractivity contribution in [3.05, 3.63) is 76.5 Å². The van der Waals surface area contributed by atoms with Crippen molar-refractivity contribution in [3.63, 3.8) is 0 Å². The number of hydrogen-bond donors (Lipinski definition) is 0. The Morgan fingerprint density at radius 2 is 1.79 bits per heavy atom. The highest BCUT2D eigenvalue weighted by molar-refractivity contribution is 7.22. The summed E-state index contributed by atoms with van der Waals surface area (Å²) >= 11 is 3.00. The molecular weight excluding hydrogens is 450 g/mol. The molecule has 1 aliphatic heterocycles. The number of benzene rings is 2. The number of anilines is 2. The van der Waals surface area contributed by atoms with Gasteiger partial charge in [-0.1, -0.05) is 48.6 Å². The van der Waals surface area contributed by atoms with E-state index in [9.17, 15) is 9.59 Å². The molecule has 1 fully saturated rings. The predicted octanol–water partition coefficient (Wildman–Crippen LogP) is 6.14. The standard InChI is InChI=1S/C26H25N3O2S2/c1-2-18-9-11-20(12-10-18)29(26-27-21-6-3-4-7-22(21)33-26)24(30)19-13-15-28(16-14-19)25(31)23-8-5-17-32-23/h3-12,17,19H,2,13-16H2,1H3. The van der Waals surface area contributed by atoms with Crippen LogP contribution in [-0.2, 0) is 11.2 Å². The molecule has 2 aromatic heterocycles. The number of aromatic nitrogens is 1. The van der Waals surface area contributed by atoms with Crippen molar-refractivity contribution in [1.82, 2.24) is 9.88 Å². The summed E-state index contributed by atoms with van der Waals surface area (Å²) in [5.41, 5.74) is 2.97. The normalized spacial score (nSPS) is 14.5. The summed E-state index contributed by atoms with van der Waals surface area (Å²) in [5, 5.41) is 2.62.